The van der Waals surface area contributed by atoms with Crippen molar-refractivity contribution in [1.82, 2.24) is 5.16 Å². The number of hydrogen-bond acceptors (Lipinski definition) is 7. The first-order chi connectivity index (χ1) is 14.5. The van der Waals surface area contributed by atoms with Gasteiger partial charge < -0.3 is 23.5 Å². The highest BCUT2D eigenvalue weighted by Crippen LogP contribution is 2.30. The zero-order chi connectivity index (χ0) is 21.5. The van der Waals surface area contributed by atoms with Gasteiger partial charge in [0, 0.05) is 6.42 Å². The van der Waals surface area contributed by atoms with Gasteiger partial charge in [0.05, 0.1) is 37.6 Å². The molecule has 0 spiro atoms. The maximum Gasteiger partial charge on any atom is 0.338 e. The molecule has 0 atom stereocenters. The van der Waals surface area contributed by atoms with E-state index < -0.39 is 5.97 Å². The number of aryl methyl sites for hydroxylation is 2. The summed E-state index contributed by atoms with van der Waals surface area (Å²) in [6, 6.07) is 12.6. The fraction of sp³-hybridized carbons (Fsp3) is 0.304. The number of carbonyl (C=O) groups excluding carboxylic acids is 1. The van der Waals surface area contributed by atoms with Crippen molar-refractivity contribution in [3.8, 4) is 17.2 Å². The molecule has 0 aliphatic rings. The van der Waals surface area contributed by atoms with Crippen LogP contribution in [0, 0.1) is 13.8 Å². The zero-order valence-electron chi connectivity index (χ0n) is 17.6. The highest BCUT2D eigenvalue weighted by atomic mass is 16.5. The second-order valence-electron chi connectivity index (χ2n) is 6.69. The third-order valence-corrected chi connectivity index (χ3v) is 4.74. The summed E-state index contributed by atoms with van der Waals surface area (Å²) < 4.78 is 26.9. The second-order valence-corrected chi connectivity index (χ2v) is 6.69. The van der Waals surface area contributed by atoms with E-state index in [2.05, 4.69) is 5.16 Å². The van der Waals surface area contributed by atoms with Gasteiger partial charge in [-0.1, -0.05) is 17.3 Å². The third-order valence-electron chi connectivity index (χ3n) is 4.74. The number of benzene rings is 2. The number of hydrogen-bond donors (Lipinski definition) is 0. The SMILES string of the molecule is COc1ccc(CCOC(=O)c2ccc(OCc3c(C)noc3C)c(OC)c2)cc1. The van der Waals surface area contributed by atoms with E-state index in [1.165, 1.54) is 7.11 Å². The summed E-state index contributed by atoms with van der Waals surface area (Å²) in [5, 5.41) is 3.91. The van der Waals surface area contributed by atoms with Crippen LogP contribution in [0.4, 0.5) is 0 Å². The standard InChI is InChI=1S/C23H25NO6/c1-15-20(16(2)30-24-15)14-29-21-10-7-18(13-22(21)27-4)23(25)28-12-11-17-5-8-19(26-3)9-6-17/h5-10,13H,11-12,14H2,1-4H3. The smallest absolute Gasteiger partial charge is 0.338 e. The van der Waals surface area contributed by atoms with Gasteiger partial charge in [-0.25, -0.2) is 4.79 Å². The molecular weight excluding hydrogens is 386 g/mol. The Kier molecular flexibility index (Phi) is 6.95. The lowest BCUT2D eigenvalue weighted by Crippen LogP contribution is -2.09. The number of methoxy groups -OCH3 is 2. The lowest BCUT2D eigenvalue weighted by Gasteiger charge is -2.12. The average molecular weight is 411 g/mol. The van der Waals surface area contributed by atoms with Gasteiger partial charge in [0.15, 0.2) is 11.5 Å². The molecule has 1 heterocycles. The second kappa shape index (κ2) is 9.82. The molecule has 0 amide bonds. The monoisotopic (exact) mass is 411 g/mol. The minimum atomic E-state index is -0.418. The van der Waals surface area contributed by atoms with Gasteiger partial charge in [-0.15, -0.1) is 0 Å². The van der Waals surface area contributed by atoms with Crippen molar-refractivity contribution in [2.45, 2.75) is 26.9 Å². The topological polar surface area (TPSA) is 80.0 Å². The first-order valence-electron chi connectivity index (χ1n) is 9.54. The van der Waals surface area contributed by atoms with Gasteiger partial charge >= 0.3 is 5.97 Å². The number of esters is 1. The summed E-state index contributed by atoms with van der Waals surface area (Å²) >= 11 is 0. The van der Waals surface area contributed by atoms with E-state index in [1.807, 2.05) is 38.1 Å². The predicted molar refractivity (Wildman–Crippen MR) is 110 cm³/mol. The Balaban J connectivity index is 1.58. The first-order valence-corrected chi connectivity index (χ1v) is 9.54. The van der Waals surface area contributed by atoms with Gasteiger partial charge in [-0.3, -0.25) is 0 Å². The van der Waals surface area contributed by atoms with Crippen LogP contribution in [0.5, 0.6) is 17.2 Å². The molecule has 0 fully saturated rings. The summed E-state index contributed by atoms with van der Waals surface area (Å²) in [6.07, 6.45) is 0.617. The van der Waals surface area contributed by atoms with Crippen molar-refractivity contribution in [2.24, 2.45) is 0 Å². The maximum atomic E-state index is 12.4. The van der Waals surface area contributed by atoms with Gasteiger partial charge in [0.1, 0.15) is 18.1 Å². The molecule has 3 rings (SSSR count). The lowest BCUT2D eigenvalue weighted by molar-refractivity contribution is 0.0509. The van der Waals surface area contributed by atoms with Gasteiger partial charge in [-0.2, -0.15) is 0 Å². The Hall–Kier alpha value is -3.48. The van der Waals surface area contributed by atoms with Gasteiger partial charge in [-0.05, 0) is 49.7 Å². The number of carbonyl (C=O) groups is 1. The normalized spacial score (nSPS) is 10.5. The molecular formula is C23H25NO6. The number of aromatic nitrogens is 1. The molecule has 0 saturated heterocycles. The molecule has 158 valence electrons. The van der Waals surface area contributed by atoms with Gasteiger partial charge in [0.25, 0.3) is 0 Å². The predicted octanol–water partition coefficient (Wildman–Crippen LogP) is 4.29. The number of rotatable bonds is 9. The summed E-state index contributed by atoms with van der Waals surface area (Å²) in [5.41, 5.74) is 3.12. The Morgan fingerprint density at radius 3 is 2.40 bits per heavy atom. The van der Waals surface area contributed by atoms with E-state index in [9.17, 15) is 4.79 Å². The van der Waals surface area contributed by atoms with Crippen molar-refractivity contribution in [1.29, 1.82) is 0 Å². The van der Waals surface area contributed by atoms with Crippen molar-refractivity contribution in [3.63, 3.8) is 0 Å². The van der Waals surface area contributed by atoms with Crippen LogP contribution < -0.4 is 14.2 Å². The summed E-state index contributed by atoms with van der Waals surface area (Å²) in [6.45, 7) is 4.26. The van der Waals surface area contributed by atoms with Crippen molar-refractivity contribution in [3.05, 3.63) is 70.6 Å². The number of ether oxygens (including phenoxy) is 4. The zero-order valence-corrected chi connectivity index (χ0v) is 17.6. The molecule has 0 bridgehead atoms. The molecule has 7 nitrogen and oxygen atoms in total. The van der Waals surface area contributed by atoms with Crippen molar-refractivity contribution in [2.75, 3.05) is 20.8 Å². The first kappa shape index (κ1) is 21.2. The molecule has 0 radical (unpaired) electrons. The highest BCUT2D eigenvalue weighted by Gasteiger charge is 2.15. The molecule has 3 aromatic rings. The van der Waals surface area contributed by atoms with Crippen LogP contribution in [0.15, 0.2) is 47.0 Å². The number of nitrogens with zero attached hydrogens (tertiary/aromatic N) is 1. The van der Waals surface area contributed by atoms with E-state index in [0.717, 1.165) is 22.6 Å². The van der Waals surface area contributed by atoms with E-state index in [0.29, 0.717) is 35.9 Å². The largest absolute Gasteiger partial charge is 0.497 e. The summed E-state index contributed by atoms with van der Waals surface area (Å²) in [5.74, 6) is 2.06. The minimum absolute atomic E-state index is 0.276. The van der Waals surface area contributed by atoms with Crippen LogP contribution in [-0.4, -0.2) is 32.0 Å². The minimum Gasteiger partial charge on any atom is -0.497 e. The van der Waals surface area contributed by atoms with E-state index >= 15 is 0 Å². The lowest BCUT2D eigenvalue weighted by atomic mass is 10.1. The van der Waals surface area contributed by atoms with Crippen LogP contribution >= 0.6 is 0 Å². The molecule has 0 aliphatic heterocycles. The summed E-state index contributed by atoms with van der Waals surface area (Å²) in [4.78, 5) is 12.4. The van der Waals surface area contributed by atoms with Crippen LogP contribution in [0.25, 0.3) is 0 Å². The summed E-state index contributed by atoms with van der Waals surface area (Å²) in [7, 11) is 3.15. The van der Waals surface area contributed by atoms with Crippen LogP contribution in [0.3, 0.4) is 0 Å². The van der Waals surface area contributed by atoms with Crippen molar-refractivity contribution >= 4 is 5.97 Å². The molecule has 0 N–H and O–H groups in total. The van der Waals surface area contributed by atoms with Crippen LogP contribution in [-0.2, 0) is 17.8 Å². The van der Waals surface area contributed by atoms with Crippen LogP contribution in [0.2, 0.25) is 0 Å². The molecule has 0 unspecified atom stereocenters. The van der Waals surface area contributed by atoms with Crippen molar-refractivity contribution < 1.29 is 28.3 Å². The fourth-order valence-electron chi connectivity index (χ4n) is 2.91. The maximum absolute atomic E-state index is 12.4. The molecule has 30 heavy (non-hydrogen) atoms. The van der Waals surface area contributed by atoms with E-state index in [-0.39, 0.29) is 6.61 Å². The fourth-order valence-corrected chi connectivity index (χ4v) is 2.91. The Morgan fingerprint density at radius 1 is 1.00 bits per heavy atom. The highest BCUT2D eigenvalue weighted by molar-refractivity contribution is 5.90. The Labute approximate surface area is 175 Å². The van der Waals surface area contributed by atoms with Crippen LogP contribution in [0.1, 0.15) is 32.9 Å². The molecule has 0 aliphatic carbocycles. The quantitative estimate of drug-likeness (QED) is 0.486. The molecule has 1 aromatic heterocycles. The van der Waals surface area contributed by atoms with E-state index in [4.69, 9.17) is 23.5 Å². The van der Waals surface area contributed by atoms with E-state index in [1.54, 1.807) is 25.3 Å². The molecule has 0 saturated carbocycles. The van der Waals surface area contributed by atoms with Gasteiger partial charge in [0.2, 0.25) is 0 Å². The Bertz CT molecular complexity index is 974. The Morgan fingerprint density at radius 2 is 1.77 bits per heavy atom. The third kappa shape index (κ3) is 5.11. The molecule has 7 heteroatoms. The molecule has 2 aromatic carbocycles. The average Bonchev–Trinajstić information content (AvgIpc) is 3.09.